The fourth-order valence-corrected chi connectivity index (χ4v) is 2.63. The Morgan fingerprint density at radius 1 is 1.38 bits per heavy atom. The number of nitrogens with zero attached hydrogens (tertiary/aromatic N) is 2. The first-order valence-corrected chi connectivity index (χ1v) is 7.35. The van der Waals surface area contributed by atoms with E-state index in [1.54, 1.807) is 28.9 Å². The molecule has 1 heterocycles. The molecule has 0 bridgehead atoms. The van der Waals surface area contributed by atoms with Gasteiger partial charge in [-0.15, -0.1) is 0 Å². The van der Waals surface area contributed by atoms with Crippen molar-refractivity contribution in [3.05, 3.63) is 35.6 Å². The molecule has 4 nitrogen and oxygen atoms in total. The lowest BCUT2D eigenvalue weighted by Crippen LogP contribution is -2.47. The third-order valence-electron chi connectivity index (χ3n) is 3.91. The molecule has 0 saturated carbocycles. The van der Waals surface area contributed by atoms with Gasteiger partial charge in [0.05, 0.1) is 0 Å². The number of hydrogen-bond acceptors (Lipinski definition) is 2. The van der Waals surface area contributed by atoms with Crippen LogP contribution in [-0.4, -0.2) is 40.7 Å². The maximum absolute atomic E-state index is 12.9. The molecular formula is C16H21FN2O2. The monoisotopic (exact) mass is 292 g/mol. The highest BCUT2D eigenvalue weighted by Crippen LogP contribution is 2.16. The van der Waals surface area contributed by atoms with Gasteiger partial charge in [0, 0.05) is 26.1 Å². The molecule has 1 fully saturated rings. The summed E-state index contributed by atoms with van der Waals surface area (Å²) >= 11 is 0. The number of benzene rings is 1. The van der Waals surface area contributed by atoms with E-state index in [0.29, 0.717) is 26.1 Å². The number of carbonyl (C=O) groups excluding carboxylic acids is 2. The van der Waals surface area contributed by atoms with E-state index in [1.165, 1.54) is 12.1 Å². The molecule has 0 N–H and O–H groups in total. The summed E-state index contributed by atoms with van der Waals surface area (Å²) in [7, 11) is 0. The zero-order chi connectivity index (χ0) is 15.4. The molecule has 0 radical (unpaired) electrons. The summed E-state index contributed by atoms with van der Waals surface area (Å²) in [5, 5.41) is 0. The van der Waals surface area contributed by atoms with E-state index in [1.807, 2.05) is 6.92 Å². The first kappa shape index (κ1) is 15.5. The summed E-state index contributed by atoms with van der Waals surface area (Å²) in [6.07, 6.45) is 1.35. The Labute approximate surface area is 124 Å². The van der Waals surface area contributed by atoms with Crippen molar-refractivity contribution in [3.8, 4) is 0 Å². The van der Waals surface area contributed by atoms with Crippen LogP contribution in [0, 0.1) is 5.82 Å². The number of halogens is 1. The van der Waals surface area contributed by atoms with Crippen LogP contribution in [-0.2, 0) is 16.1 Å². The molecule has 1 aliphatic rings. The van der Waals surface area contributed by atoms with E-state index in [2.05, 4.69) is 0 Å². The summed E-state index contributed by atoms with van der Waals surface area (Å²) in [5.74, 6) is -0.296. The van der Waals surface area contributed by atoms with Gasteiger partial charge in [-0.2, -0.15) is 0 Å². The van der Waals surface area contributed by atoms with Crippen LogP contribution < -0.4 is 0 Å². The van der Waals surface area contributed by atoms with Crippen molar-refractivity contribution in [2.45, 2.75) is 39.3 Å². The van der Waals surface area contributed by atoms with Crippen LogP contribution in [0.5, 0.6) is 0 Å². The van der Waals surface area contributed by atoms with E-state index in [9.17, 15) is 14.0 Å². The number of carbonyl (C=O) groups is 2. The standard InChI is InChI=1S/C16H21FN2O2/c1-3-18(11-13-6-8-14(17)9-7-13)16(21)12(2)19-10-4-5-15(19)20/h6-9,12H,3-5,10-11H2,1-2H3/t12-/m1/s1. The number of hydrogen-bond donors (Lipinski definition) is 0. The highest BCUT2D eigenvalue weighted by atomic mass is 19.1. The highest BCUT2D eigenvalue weighted by molar-refractivity contribution is 5.88. The number of amides is 2. The van der Waals surface area contributed by atoms with Crippen LogP contribution in [0.25, 0.3) is 0 Å². The van der Waals surface area contributed by atoms with Crippen molar-refractivity contribution in [2.75, 3.05) is 13.1 Å². The van der Waals surface area contributed by atoms with Gasteiger partial charge in [0.1, 0.15) is 11.9 Å². The lowest BCUT2D eigenvalue weighted by Gasteiger charge is -2.29. The van der Waals surface area contributed by atoms with E-state index >= 15 is 0 Å². The first-order valence-electron chi connectivity index (χ1n) is 7.35. The minimum atomic E-state index is -0.430. The fourth-order valence-electron chi connectivity index (χ4n) is 2.63. The molecule has 0 aromatic heterocycles. The molecular weight excluding hydrogens is 271 g/mol. The van der Waals surface area contributed by atoms with Gasteiger partial charge >= 0.3 is 0 Å². The first-order chi connectivity index (χ1) is 10.0. The maximum atomic E-state index is 12.9. The molecule has 114 valence electrons. The van der Waals surface area contributed by atoms with Crippen molar-refractivity contribution in [3.63, 3.8) is 0 Å². The quantitative estimate of drug-likeness (QED) is 0.834. The smallest absolute Gasteiger partial charge is 0.245 e. The van der Waals surface area contributed by atoms with Crippen molar-refractivity contribution in [2.24, 2.45) is 0 Å². The molecule has 5 heteroatoms. The third-order valence-corrected chi connectivity index (χ3v) is 3.91. The number of rotatable bonds is 5. The Bertz CT molecular complexity index is 516. The molecule has 0 unspecified atom stereocenters. The molecule has 2 rings (SSSR count). The van der Waals surface area contributed by atoms with Gasteiger partial charge in [-0.25, -0.2) is 4.39 Å². The normalized spacial score (nSPS) is 16.1. The van der Waals surface area contributed by atoms with Gasteiger partial charge in [0.25, 0.3) is 0 Å². The van der Waals surface area contributed by atoms with E-state index in [0.717, 1.165) is 12.0 Å². The number of likely N-dealkylation sites (N-methyl/N-ethyl adjacent to an activating group) is 1. The minimum absolute atomic E-state index is 0.0497. The van der Waals surface area contributed by atoms with Crippen LogP contribution in [0.1, 0.15) is 32.3 Å². The summed E-state index contributed by atoms with van der Waals surface area (Å²) < 4.78 is 12.9. The Kier molecular flexibility index (Phi) is 4.94. The minimum Gasteiger partial charge on any atom is -0.337 e. The van der Waals surface area contributed by atoms with E-state index < -0.39 is 6.04 Å². The molecule has 1 aromatic carbocycles. The summed E-state index contributed by atoms with van der Waals surface area (Å²) in [6, 6.07) is 5.70. The lowest BCUT2D eigenvalue weighted by atomic mass is 10.2. The second kappa shape index (κ2) is 6.70. The topological polar surface area (TPSA) is 40.6 Å². The van der Waals surface area contributed by atoms with Gasteiger partial charge in [0.15, 0.2) is 0 Å². The molecule has 1 atom stereocenters. The molecule has 0 spiro atoms. The zero-order valence-corrected chi connectivity index (χ0v) is 12.5. The van der Waals surface area contributed by atoms with E-state index in [4.69, 9.17) is 0 Å². The van der Waals surface area contributed by atoms with Gasteiger partial charge in [-0.1, -0.05) is 12.1 Å². The van der Waals surface area contributed by atoms with Crippen LogP contribution in [0.2, 0.25) is 0 Å². The summed E-state index contributed by atoms with van der Waals surface area (Å²) in [5.41, 5.74) is 0.881. The maximum Gasteiger partial charge on any atom is 0.245 e. The predicted molar refractivity (Wildman–Crippen MR) is 77.9 cm³/mol. The molecule has 0 aliphatic carbocycles. The summed E-state index contributed by atoms with van der Waals surface area (Å²) in [4.78, 5) is 27.6. The van der Waals surface area contributed by atoms with Crippen molar-refractivity contribution < 1.29 is 14.0 Å². The SMILES string of the molecule is CCN(Cc1ccc(F)cc1)C(=O)[C@@H](C)N1CCCC1=O. The van der Waals surface area contributed by atoms with Crippen LogP contribution in [0.4, 0.5) is 4.39 Å². The Morgan fingerprint density at radius 2 is 2.05 bits per heavy atom. The largest absolute Gasteiger partial charge is 0.337 e. The fraction of sp³-hybridized carbons (Fsp3) is 0.500. The third kappa shape index (κ3) is 3.60. The van der Waals surface area contributed by atoms with Gasteiger partial charge < -0.3 is 9.80 Å². The van der Waals surface area contributed by atoms with Crippen LogP contribution in [0.15, 0.2) is 24.3 Å². The van der Waals surface area contributed by atoms with Crippen LogP contribution in [0.3, 0.4) is 0 Å². The van der Waals surface area contributed by atoms with Gasteiger partial charge in [0.2, 0.25) is 11.8 Å². The van der Waals surface area contributed by atoms with Gasteiger partial charge in [-0.05, 0) is 38.0 Å². The average molecular weight is 292 g/mol. The number of likely N-dealkylation sites (tertiary alicyclic amines) is 1. The second-order valence-electron chi connectivity index (χ2n) is 5.35. The molecule has 1 aromatic rings. The second-order valence-corrected chi connectivity index (χ2v) is 5.35. The Morgan fingerprint density at radius 3 is 2.57 bits per heavy atom. The zero-order valence-electron chi connectivity index (χ0n) is 12.5. The Balaban J connectivity index is 2.04. The molecule has 1 saturated heterocycles. The lowest BCUT2D eigenvalue weighted by molar-refractivity contribution is -0.143. The van der Waals surface area contributed by atoms with Crippen molar-refractivity contribution in [1.82, 2.24) is 9.80 Å². The average Bonchev–Trinajstić information content (AvgIpc) is 2.91. The Hall–Kier alpha value is -1.91. The van der Waals surface area contributed by atoms with Crippen LogP contribution >= 0.6 is 0 Å². The molecule has 1 aliphatic heterocycles. The highest BCUT2D eigenvalue weighted by Gasteiger charge is 2.31. The molecule has 21 heavy (non-hydrogen) atoms. The van der Waals surface area contributed by atoms with Crippen molar-refractivity contribution >= 4 is 11.8 Å². The predicted octanol–water partition coefficient (Wildman–Crippen LogP) is 2.19. The van der Waals surface area contributed by atoms with E-state index in [-0.39, 0.29) is 17.6 Å². The van der Waals surface area contributed by atoms with Crippen molar-refractivity contribution in [1.29, 1.82) is 0 Å². The summed E-state index contributed by atoms with van der Waals surface area (Å²) in [6.45, 7) is 5.32. The van der Waals surface area contributed by atoms with Gasteiger partial charge in [-0.3, -0.25) is 9.59 Å². The molecule has 2 amide bonds.